The van der Waals surface area contributed by atoms with Crippen LogP contribution in [0.3, 0.4) is 0 Å². The zero-order valence-corrected chi connectivity index (χ0v) is 4.61. The van der Waals surface area contributed by atoms with Gasteiger partial charge < -0.3 is 11.1 Å². The van der Waals surface area contributed by atoms with Gasteiger partial charge in [-0.15, -0.1) is 0 Å². The minimum absolute atomic E-state index is 0.675. The summed E-state index contributed by atoms with van der Waals surface area (Å²) in [7, 11) is 0. The van der Waals surface area contributed by atoms with Gasteiger partial charge >= 0.3 is 0 Å². The van der Waals surface area contributed by atoms with Crippen molar-refractivity contribution < 1.29 is 5.73 Å². The summed E-state index contributed by atoms with van der Waals surface area (Å²) in [4.78, 5) is 0. The minimum atomic E-state index is 0.675. The highest BCUT2D eigenvalue weighted by Gasteiger charge is 2.08. The monoisotopic (exact) mass is 101 g/mol. The van der Waals surface area contributed by atoms with Crippen LogP contribution >= 0.6 is 0 Å². The third-order valence-electron chi connectivity index (χ3n) is 1.40. The molecule has 1 atom stereocenters. The number of quaternary nitrogens is 1. The summed E-state index contributed by atoms with van der Waals surface area (Å²) < 4.78 is 0. The molecule has 1 heterocycles. The Morgan fingerprint density at radius 2 is 2.43 bits per heavy atom. The first-order valence-electron chi connectivity index (χ1n) is 2.93. The van der Waals surface area contributed by atoms with Gasteiger partial charge in [0.2, 0.25) is 0 Å². The van der Waals surface area contributed by atoms with Crippen molar-refractivity contribution in [1.29, 1.82) is 0 Å². The second-order valence-electron chi connectivity index (χ2n) is 2.21. The maximum absolute atomic E-state index is 3.94. The Morgan fingerprint density at radius 3 is 2.71 bits per heavy atom. The van der Waals surface area contributed by atoms with Crippen LogP contribution in [-0.2, 0) is 0 Å². The van der Waals surface area contributed by atoms with E-state index in [4.69, 9.17) is 0 Å². The molecule has 1 aliphatic rings. The number of piperidine rings is 1. The molecule has 1 saturated heterocycles. The van der Waals surface area contributed by atoms with E-state index in [9.17, 15) is 0 Å². The van der Waals surface area contributed by atoms with Crippen LogP contribution in [0.1, 0.15) is 12.8 Å². The van der Waals surface area contributed by atoms with Crippen LogP contribution in [0.25, 0.3) is 0 Å². The van der Waals surface area contributed by atoms with E-state index >= 15 is 0 Å². The molecule has 42 valence electrons. The molecule has 4 N–H and O–H groups in total. The van der Waals surface area contributed by atoms with E-state index < -0.39 is 0 Å². The molecule has 0 bridgehead atoms. The van der Waals surface area contributed by atoms with Gasteiger partial charge in [-0.05, 0) is 13.0 Å². The van der Waals surface area contributed by atoms with Gasteiger partial charge in [0, 0.05) is 13.0 Å². The van der Waals surface area contributed by atoms with Crippen molar-refractivity contribution in [1.82, 2.24) is 5.32 Å². The first kappa shape index (κ1) is 5.06. The summed E-state index contributed by atoms with van der Waals surface area (Å²) >= 11 is 0. The molecule has 0 radical (unpaired) electrons. The van der Waals surface area contributed by atoms with Gasteiger partial charge in [0.1, 0.15) is 0 Å². The standard InChI is InChI=1S/C5H12N2/c6-5-2-1-3-7-4-5/h5,7H,1-4,6H2/p+1/t5-/m1/s1. The Morgan fingerprint density at radius 1 is 1.57 bits per heavy atom. The lowest BCUT2D eigenvalue weighted by Crippen LogP contribution is -2.66. The van der Waals surface area contributed by atoms with Gasteiger partial charge in [-0.25, -0.2) is 0 Å². The molecule has 0 amide bonds. The highest BCUT2D eigenvalue weighted by molar-refractivity contribution is 4.64. The Labute approximate surface area is 44.1 Å². The van der Waals surface area contributed by atoms with Gasteiger partial charge in [0.15, 0.2) is 0 Å². The molecule has 2 nitrogen and oxygen atoms in total. The summed E-state index contributed by atoms with van der Waals surface area (Å²) in [6, 6.07) is 0.675. The normalized spacial score (nSPS) is 33.0. The van der Waals surface area contributed by atoms with Crippen molar-refractivity contribution in [3.05, 3.63) is 0 Å². The maximum Gasteiger partial charge on any atom is 0.0970 e. The van der Waals surface area contributed by atoms with E-state index in [1.807, 2.05) is 0 Å². The number of hydrogen-bond donors (Lipinski definition) is 2. The Balaban J connectivity index is 2.12. The summed E-state index contributed by atoms with van der Waals surface area (Å²) in [5.41, 5.74) is 3.94. The molecular weight excluding hydrogens is 88.1 g/mol. The second kappa shape index (κ2) is 2.28. The number of hydrogen-bond acceptors (Lipinski definition) is 1. The van der Waals surface area contributed by atoms with Crippen LogP contribution in [0.15, 0.2) is 0 Å². The molecule has 1 fully saturated rings. The average Bonchev–Trinajstić information content (AvgIpc) is 1.69. The third-order valence-corrected chi connectivity index (χ3v) is 1.40. The molecule has 1 rings (SSSR count). The lowest BCUT2D eigenvalue weighted by molar-refractivity contribution is -0.421. The fraction of sp³-hybridized carbons (Fsp3) is 1.00. The molecule has 0 aromatic rings. The molecule has 0 spiro atoms. The first-order valence-corrected chi connectivity index (χ1v) is 2.93. The first-order chi connectivity index (χ1) is 3.39. The lowest BCUT2D eigenvalue weighted by Gasteiger charge is -2.14. The Bertz CT molecular complexity index is 48.0. The maximum atomic E-state index is 3.94. The molecule has 0 unspecified atom stereocenters. The van der Waals surface area contributed by atoms with Gasteiger partial charge in [-0.1, -0.05) is 0 Å². The van der Waals surface area contributed by atoms with E-state index in [0.29, 0.717) is 6.04 Å². The van der Waals surface area contributed by atoms with Gasteiger partial charge in [-0.3, -0.25) is 0 Å². The van der Waals surface area contributed by atoms with Crippen molar-refractivity contribution in [3.63, 3.8) is 0 Å². The van der Waals surface area contributed by atoms with E-state index in [2.05, 4.69) is 11.1 Å². The zero-order chi connectivity index (χ0) is 5.11. The van der Waals surface area contributed by atoms with E-state index in [1.54, 1.807) is 0 Å². The minimum Gasteiger partial charge on any atom is -0.354 e. The van der Waals surface area contributed by atoms with Crippen molar-refractivity contribution in [2.75, 3.05) is 13.1 Å². The number of rotatable bonds is 0. The number of nitrogens with one attached hydrogen (secondary N) is 1. The summed E-state index contributed by atoms with van der Waals surface area (Å²) in [5, 5.41) is 3.27. The lowest BCUT2D eigenvalue weighted by atomic mass is 10.1. The van der Waals surface area contributed by atoms with Gasteiger partial charge in [0.05, 0.1) is 6.04 Å². The third kappa shape index (κ3) is 1.45. The largest absolute Gasteiger partial charge is 0.354 e. The highest BCUT2D eigenvalue weighted by atomic mass is 14.9. The van der Waals surface area contributed by atoms with Crippen molar-refractivity contribution in [3.8, 4) is 0 Å². The smallest absolute Gasteiger partial charge is 0.0970 e. The van der Waals surface area contributed by atoms with Crippen LogP contribution in [-0.4, -0.2) is 19.1 Å². The van der Waals surface area contributed by atoms with E-state index in [0.717, 1.165) is 6.54 Å². The molecule has 0 aliphatic carbocycles. The van der Waals surface area contributed by atoms with Crippen LogP contribution in [0.2, 0.25) is 0 Å². The summed E-state index contributed by atoms with van der Waals surface area (Å²) in [6.07, 6.45) is 2.63. The quantitative estimate of drug-likeness (QED) is 0.403. The fourth-order valence-corrected chi connectivity index (χ4v) is 0.924. The Hall–Kier alpha value is -0.0800. The summed E-state index contributed by atoms with van der Waals surface area (Å²) in [5.74, 6) is 0. The van der Waals surface area contributed by atoms with Crippen LogP contribution in [0.5, 0.6) is 0 Å². The van der Waals surface area contributed by atoms with E-state index in [-0.39, 0.29) is 0 Å². The fourth-order valence-electron chi connectivity index (χ4n) is 0.924. The topological polar surface area (TPSA) is 39.7 Å². The predicted octanol–water partition coefficient (Wildman–Crippen LogP) is -1.02. The highest BCUT2D eigenvalue weighted by Crippen LogP contribution is 1.94. The van der Waals surface area contributed by atoms with E-state index in [1.165, 1.54) is 19.4 Å². The molecule has 0 saturated carbocycles. The predicted molar refractivity (Wildman–Crippen MR) is 28.8 cm³/mol. The molecule has 0 aromatic carbocycles. The molecule has 7 heavy (non-hydrogen) atoms. The van der Waals surface area contributed by atoms with Crippen molar-refractivity contribution >= 4 is 0 Å². The second-order valence-corrected chi connectivity index (χ2v) is 2.21. The van der Waals surface area contributed by atoms with Gasteiger partial charge in [0.25, 0.3) is 0 Å². The molecular formula is C5H13N2+. The van der Waals surface area contributed by atoms with Gasteiger partial charge in [-0.2, -0.15) is 0 Å². The Kier molecular flexibility index (Phi) is 1.65. The SMILES string of the molecule is [NH3+][C@@H]1CCCNC1. The van der Waals surface area contributed by atoms with Crippen molar-refractivity contribution in [2.24, 2.45) is 0 Å². The van der Waals surface area contributed by atoms with Crippen LogP contribution < -0.4 is 11.1 Å². The molecule has 2 heteroatoms. The van der Waals surface area contributed by atoms with Crippen LogP contribution in [0.4, 0.5) is 0 Å². The zero-order valence-electron chi connectivity index (χ0n) is 4.61. The molecule has 0 aromatic heterocycles. The summed E-state index contributed by atoms with van der Waals surface area (Å²) in [6.45, 7) is 2.33. The average molecular weight is 101 g/mol. The van der Waals surface area contributed by atoms with Crippen molar-refractivity contribution in [2.45, 2.75) is 18.9 Å². The molecule has 1 aliphatic heterocycles. The van der Waals surface area contributed by atoms with Crippen LogP contribution in [0, 0.1) is 0 Å².